The van der Waals surface area contributed by atoms with Gasteiger partial charge in [-0.3, -0.25) is 0 Å². The van der Waals surface area contributed by atoms with E-state index in [9.17, 15) is 26.7 Å². The summed E-state index contributed by atoms with van der Waals surface area (Å²) in [4.78, 5) is 3.71. The van der Waals surface area contributed by atoms with Gasteiger partial charge in [0.25, 0.3) is 0 Å². The Kier molecular flexibility index (Phi) is 8.62. The number of hydrogen-bond acceptors (Lipinski definition) is 8. The van der Waals surface area contributed by atoms with Crippen LogP contribution in [0, 0.1) is 5.92 Å². The Hall–Kier alpha value is -3.03. The standard InChI is InChI=1S/C25H29ClF3N5O4S/c1-38-20-11-15(6-9-21(20)39(36,37)10-2-3-14-4-7-17(35)8-5-14)22-18(25(27,28)29)12-16(13-19(22)26)31-24-32-23(30)33-34-24/h6,9,11-14,17,35H,2-5,7-8,10H2,1H3,(H4,30,31,32,33,34). The molecule has 1 fully saturated rings. The summed E-state index contributed by atoms with van der Waals surface area (Å²) < 4.78 is 73.9. The number of nitrogens with one attached hydrogen (secondary N) is 2. The van der Waals surface area contributed by atoms with Gasteiger partial charge in [-0.05, 0) is 74.3 Å². The van der Waals surface area contributed by atoms with Gasteiger partial charge in [0.15, 0.2) is 9.84 Å². The number of alkyl halides is 3. The van der Waals surface area contributed by atoms with E-state index in [1.165, 1.54) is 31.4 Å². The van der Waals surface area contributed by atoms with Crippen LogP contribution in [0.25, 0.3) is 11.1 Å². The molecule has 4 rings (SSSR count). The van der Waals surface area contributed by atoms with Crippen molar-refractivity contribution in [2.24, 2.45) is 5.92 Å². The predicted octanol–water partition coefficient (Wildman–Crippen LogP) is 5.58. The predicted molar refractivity (Wildman–Crippen MR) is 142 cm³/mol. The van der Waals surface area contributed by atoms with Gasteiger partial charge in [-0.2, -0.15) is 18.2 Å². The van der Waals surface area contributed by atoms with Crippen LogP contribution in [-0.4, -0.2) is 47.7 Å². The summed E-state index contributed by atoms with van der Waals surface area (Å²) >= 11 is 6.34. The molecular weight excluding hydrogens is 559 g/mol. The first kappa shape index (κ1) is 29.0. The molecule has 39 heavy (non-hydrogen) atoms. The van der Waals surface area contributed by atoms with Crippen LogP contribution in [0.2, 0.25) is 5.02 Å². The number of anilines is 3. The van der Waals surface area contributed by atoms with Crippen molar-refractivity contribution in [3.05, 3.63) is 40.9 Å². The molecule has 212 valence electrons. The minimum absolute atomic E-state index is 0.0197. The summed E-state index contributed by atoms with van der Waals surface area (Å²) in [5.74, 6) is 0.113. The summed E-state index contributed by atoms with van der Waals surface area (Å²) in [6.45, 7) is 0. The topological polar surface area (TPSA) is 143 Å². The van der Waals surface area contributed by atoms with Gasteiger partial charge in [0.1, 0.15) is 10.6 Å². The number of H-pyrrole nitrogens is 1. The number of halogens is 4. The molecule has 1 aromatic heterocycles. The SMILES string of the molecule is COc1cc(-c2c(Cl)cc(Nc3n[nH]c(N)n3)cc2C(F)(F)F)ccc1S(=O)(=O)CCCC1CCC(O)CC1. The average molecular weight is 588 g/mol. The number of rotatable bonds is 9. The lowest BCUT2D eigenvalue weighted by molar-refractivity contribution is -0.137. The highest BCUT2D eigenvalue weighted by Gasteiger charge is 2.36. The van der Waals surface area contributed by atoms with E-state index in [4.69, 9.17) is 22.1 Å². The Morgan fingerprint density at radius 3 is 2.54 bits per heavy atom. The molecule has 1 aliphatic rings. The molecule has 1 heterocycles. The number of aliphatic hydroxyl groups is 1. The smallest absolute Gasteiger partial charge is 0.417 e. The van der Waals surface area contributed by atoms with Crippen LogP contribution >= 0.6 is 11.6 Å². The molecule has 0 atom stereocenters. The van der Waals surface area contributed by atoms with Crippen molar-refractivity contribution in [2.75, 3.05) is 23.9 Å². The molecule has 14 heteroatoms. The van der Waals surface area contributed by atoms with Gasteiger partial charge in [0.05, 0.1) is 29.6 Å². The highest BCUT2D eigenvalue weighted by atomic mass is 35.5. The Balaban J connectivity index is 1.60. The normalized spacial score (nSPS) is 18.2. The second kappa shape index (κ2) is 11.6. The fourth-order valence-electron chi connectivity index (χ4n) is 4.84. The maximum Gasteiger partial charge on any atom is 0.417 e. The maximum absolute atomic E-state index is 14.1. The first-order valence-electron chi connectivity index (χ1n) is 12.3. The fourth-order valence-corrected chi connectivity index (χ4v) is 6.66. The van der Waals surface area contributed by atoms with Gasteiger partial charge in [-0.1, -0.05) is 17.7 Å². The van der Waals surface area contributed by atoms with Gasteiger partial charge in [-0.25, -0.2) is 13.5 Å². The number of aromatic nitrogens is 3. The number of aromatic amines is 1. The molecule has 0 aliphatic heterocycles. The summed E-state index contributed by atoms with van der Waals surface area (Å²) in [6.07, 6.45) is -0.743. The molecule has 0 unspecified atom stereocenters. The van der Waals surface area contributed by atoms with Crippen LogP contribution in [0.4, 0.5) is 30.8 Å². The lowest BCUT2D eigenvalue weighted by Gasteiger charge is -2.25. The Morgan fingerprint density at radius 1 is 1.21 bits per heavy atom. The molecule has 1 aliphatic carbocycles. The molecule has 0 saturated heterocycles. The van der Waals surface area contributed by atoms with Crippen LogP contribution in [0.3, 0.4) is 0 Å². The van der Waals surface area contributed by atoms with Crippen LogP contribution in [0.5, 0.6) is 5.75 Å². The lowest BCUT2D eigenvalue weighted by Crippen LogP contribution is -2.19. The molecule has 3 aromatic rings. The number of ether oxygens (including phenoxy) is 1. The monoisotopic (exact) mass is 587 g/mol. The van der Waals surface area contributed by atoms with E-state index in [-0.39, 0.29) is 56.2 Å². The number of methoxy groups -OCH3 is 1. The summed E-state index contributed by atoms with van der Waals surface area (Å²) in [7, 11) is -2.51. The molecule has 0 radical (unpaired) electrons. The average Bonchev–Trinajstić information content (AvgIpc) is 3.28. The van der Waals surface area contributed by atoms with E-state index >= 15 is 0 Å². The zero-order valence-electron chi connectivity index (χ0n) is 21.1. The minimum Gasteiger partial charge on any atom is -0.495 e. The van der Waals surface area contributed by atoms with E-state index < -0.39 is 21.6 Å². The Bertz CT molecular complexity index is 1420. The van der Waals surface area contributed by atoms with Gasteiger partial charge in [0.2, 0.25) is 11.9 Å². The van der Waals surface area contributed by atoms with Gasteiger partial charge >= 0.3 is 6.18 Å². The molecule has 1 saturated carbocycles. The quantitative estimate of drug-likeness (QED) is 0.254. The third kappa shape index (κ3) is 6.95. The van der Waals surface area contributed by atoms with Crippen LogP contribution in [-0.2, 0) is 16.0 Å². The molecule has 5 N–H and O–H groups in total. The minimum atomic E-state index is -4.79. The van der Waals surface area contributed by atoms with E-state index in [2.05, 4.69) is 20.5 Å². The third-order valence-corrected chi connectivity index (χ3v) is 8.92. The highest BCUT2D eigenvalue weighted by Crippen LogP contribution is 2.44. The highest BCUT2D eigenvalue weighted by molar-refractivity contribution is 7.91. The van der Waals surface area contributed by atoms with Crippen molar-refractivity contribution < 1.29 is 31.4 Å². The number of benzene rings is 2. The van der Waals surface area contributed by atoms with E-state index in [0.29, 0.717) is 12.3 Å². The number of sulfone groups is 1. The third-order valence-electron chi connectivity index (χ3n) is 6.78. The number of nitrogens with two attached hydrogens (primary N) is 1. The van der Waals surface area contributed by atoms with E-state index in [0.717, 1.165) is 38.2 Å². The van der Waals surface area contributed by atoms with Gasteiger partial charge in [-0.15, -0.1) is 5.10 Å². The van der Waals surface area contributed by atoms with Crippen molar-refractivity contribution in [1.29, 1.82) is 0 Å². The summed E-state index contributed by atoms with van der Waals surface area (Å²) in [5.41, 5.74) is 4.11. The summed E-state index contributed by atoms with van der Waals surface area (Å²) in [5, 5.41) is 18.2. The lowest BCUT2D eigenvalue weighted by atomic mass is 9.85. The van der Waals surface area contributed by atoms with Gasteiger partial charge < -0.3 is 20.9 Å². The number of hydrogen-bond donors (Lipinski definition) is 4. The first-order valence-corrected chi connectivity index (χ1v) is 14.3. The molecule has 0 spiro atoms. The van der Waals surface area contributed by atoms with Crippen molar-refractivity contribution in [2.45, 2.75) is 55.7 Å². The fraction of sp³-hybridized carbons (Fsp3) is 0.440. The van der Waals surface area contributed by atoms with Crippen molar-refractivity contribution in [3.8, 4) is 16.9 Å². The van der Waals surface area contributed by atoms with Crippen LogP contribution in [0.15, 0.2) is 35.2 Å². The van der Waals surface area contributed by atoms with Crippen molar-refractivity contribution in [1.82, 2.24) is 15.2 Å². The zero-order chi connectivity index (χ0) is 28.4. The van der Waals surface area contributed by atoms with Crippen molar-refractivity contribution in [3.63, 3.8) is 0 Å². The molecule has 0 bridgehead atoms. The summed E-state index contributed by atoms with van der Waals surface area (Å²) in [6, 6.07) is 5.92. The maximum atomic E-state index is 14.1. The molecule has 9 nitrogen and oxygen atoms in total. The molecule has 0 amide bonds. The Morgan fingerprint density at radius 2 is 1.92 bits per heavy atom. The van der Waals surface area contributed by atoms with E-state index in [1.54, 1.807) is 0 Å². The second-order valence-electron chi connectivity index (χ2n) is 9.55. The molecule has 2 aromatic carbocycles. The number of nitrogens with zero attached hydrogens (tertiary/aromatic N) is 2. The van der Waals surface area contributed by atoms with Crippen molar-refractivity contribution >= 4 is 39.0 Å². The Labute approximate surface area is 228 Å². The number of aliphatic hydroxyl groups excluding tert-OH is 1. The molecular formula is C25H29ClF3N5O4S. The van der Waals surface area contributed by atoms with E-state index in [1.807, 2.05) is 0 Å². The largest absolute Gasteiger partial charge is 0.495 e. The van der Waals surface area contributed by atoms with Crippen LogP contribution in [0.1, 0.15) is 44.1 Å². The second-order valence-corrected chi connectivity index (χ2v) is 12.0. The van der Waals surface area contributed by atoms with Gasteiger partial charge in [0, 0.05) is 11.3 Å². The first-order chi connectivity index (χ1) is 18.4. The number of nitrogen functional groups attached to an aromatic ring is 1. The van der Waals surface area contributed by atoms with Crippen LogP contribution < -0.4 is 15.8 Å². The zero-order valence-corrected chi connectivity index (χ0v) is 22.6.